The van der Waals surface area contributed by atoms with Crippen molar-refractivity contribution in [1.82, 2.24) is 20.8 Å². The van der Waals surface area contributed by atoms with Gasteiger partial charge in [0.05, 0.1) is 12.8 Å². The van der Waals surface area contributed by atoms with E-state index in [0.29, 0.717) is 10.1 Å². The lowest BCUT2D eigenvalue weighted by Gasteiger charge is -2.24. The van der Waals surface area contributed by atoms with Crippen LogP contribution < -0.4 is 10.6 Å². The Labute approximate surface area is 223 Å². The van der Waals surface area contributed by atoms with Crippen molar-refractivity contribution >= 4 is 41.5 Å². The number of aliphatic hydroxyl groups is 1. The highest BCUT2D eigenvalue weighted by atomic mass is 16.5. The molecular weight excluding hydrogens is 528 g/mol. The first kappa shape index (κ1) is 35.2. The second kappa shape index (κ2) is 16.9. The molecule has 0 saturated heterocycles. The number of carboxylic acid groups (broad SMARTS) is 3. The minimum atomic E-state index is -2.99. The average Bonchev–Trinajstić information content (AvgIpc) is 2.81. The number of hydrogen-bond donors (Lipinski definition) is 8. The maximum atomic E-state index is 12.3. The molecule has 2 unspecified atom stereocenters. The third kappa shape index (κ3) is 14.0. The molecule has 0 rings (SSSR count). The van der Waals surface area contributed by atoms with Gasteiger partial charge >= 0.3 is 17.9 Å². The van der Waals surface area contributed by atoms with Crippen LogP contribution in [0.5, 0.6) is 0 Å². The predicted molar refractivity (Wildman–Crippen MR) is 127 cm³/mol. The fourth-order valence-electron chi connectivity index (χ4n) is 3.29. The number of carbonyl (C=O) groups is 7. The molecule has 8 N–H and O–H groups in total. The number of rotatable bonds is 19. The highest BCUT2D eigenvalue weighted by Crippen LogP contribution is 2.17. The van der Waals surface area contributed by atoms with Crippen LogP contribution in [0.15, 0.2) is 0 Å². The van der Waals surface area contributed by atoms with Gasteiger partial charge in [0.25, 0.3) is 0 Å². The Bertz CT molecular complexity index is 848. The first-order chi connectivity index (χ1) is 18.0. The van der Waals surface area contributed by atoms with Crippen molar-refractivity contribution in [3.63, 3.8) is 0 Å². The van der Waals surface area contributed by atoms with E-state index in [9.17, 15) is 64.4 Å². The van der Waals surface area contributed by atoms with Gasteiger partial charge in [0.1, 0.15) is 12.1 Å². The molecule has 0 aromatic rings. The summed E-state index contributed by atoms with van der Waals surface area (Å²) in [6, 6.07) is -2.99. The number of amides is 4. The average molecular weight is 565 g/mol. The van der Waals surface area contributed by atoms with E-state index in [4.69, 9.17) is 0 Å². The van der Waals surface area contributed by atoms with E-state index in [1.54, 1.807) is 0 Å². The van der Waals surface area contributed by atoms with E-state index in [-0.39, 0.29) is 51.6 Å². The molecule has 0 heterocycles. The Balaban J connectivity index is 5.03. The number of hydrogen-bond acceptors (Lipinski definition) is 10. The lowest BCUT2D eigenvalue weighted by Crippen LogP contribution is -2.51. The van der Waals surface area contributed by atoms with Crippen molar-refractivity contribution in [3.05, 3.63) is 0 Å². The summed E-state index contributed by atoms with van der Waals surface area (Å²) < 4.78 is 0. The van der Waals surface area contributed by atoms with Gasteiger partial charge in [-0.15, -0.1) is 0 Å². The fraction of sp³-hybridized carbons (Fsp3) is 0.682. The maximum Gasteiger partial charge on any atom is 0.336 e. The summed E-state index contributed by atoms with van der Waals surface area (Å²) >= 11 is 0. The highest BCUT2D eigenvalue weighted by Gasteiger charge is 2.42. The number of nitrogens with one attached hydrogen (secondary N) is 2. The van der Waals surface area contributed by atoms with Crippen molar-refractivity contribution in [1.29, 1.82) is 0 Å². The number of aliphatic carboxylic acids is 3. The highest BCUT2D eigenvalue weighted by molar-refractivity contribution is 5.93. The quantitative estimate of drug-likeness (QED) is 0.0506. The summed E-state index contributed by atoms with van der Waals surface area (Å²) in [5, 5.41) is 62.0. The topological polar surface area (TPSA) is 271 Å². The van der Waals surface area contributed by atoms with E-state index < -0.39 is 72.1 Å². The van der Waals surface area contributed by atoms with Crippen molar-refractivity contribution in [2.45, 2.75) is 82.9 Å². The van der Waals surface area contributed by atoms with Gasteiger partial charge in [-0.1, -0.05) is 0 Å². The zero-order valence-electron chi connectivity index (χ0n) is 21.7. The Hall–Kier alpha value is -3.83. The Morgan fingerprint density at radius 1 is 0.667 bits per heavy atom. The minimum Gasteiger partial charge on any atom is -0.480 e. The van der Waals surface area contributed by atoms with Crippen LogP contribution in [0.4, 0.5) is 0 Å². The van der Waals surface area contributed by atoms with Crippen molar-refractivity contribution in [3.8, 4) is 0 Å². The summed E-state index contributed by atoms with van der Waals surface area (Å²) in [6.07, 6.45) is -2.07. The molecule has 17 nitrogen and oxygen atoms in total. The molecule has 4 amide bonds. The van der Waals surface area contributed by atoms with Crippen LogP contribution in [0.3, 0.4) is 0 Å². The first-order valence-electron chi connectivity index (χ1n) is 11.9. The van der Waals surface area contributed by atoms with Crippen LogP contribution in [-0.4, -0.2) is 113 Å². The van der Waals surface area contributed by atoms with Crippen LogP contribution in [0, 0.1) is 0 Å². The number of carboxylic acids is 3. The smallest absolute Gasteiger partial charge is 0.336 e. The van der Waals surface area contributed by atoms with E-state index in [0.717, 1.165) is 13.8 Å². The van der Waals surface area contributed by atoms with Gasteiger partial charge in [-0.25, -0.2) is 24.5 Å². The molecule has 0 saturated carbocycles. The number of hydroxylamine groups is 4. The minimum absolute atomic E-state index is 0.0842. The molecule has 0 spiro atoms. The molecule has 0 radical (unpaired) electrons. The largest absolute Gasteiger partial charge is 0.480 e. The molecule has 0 aromatic carbocycles. The molecule has 0 bridgehead atoms. The Kier molecular flexibility index (Phi) is 15.2. The molecule has 39 heavy (non-hydrogen) atoms. The van der Waals surface area contributed by atoms with Crippen LogP contribution in [0.1, 0.15) is 65.2 Å². The molecule has 17 heteroatoms. The molecule has 222 valence electrons. The van der Waals surface area contributed by atoms with Gasteiger partial charge in [0, 0.05) is 26.9 Å². The van der Waals surface area contributed by atoms with E-state index in [1.807, 2.05) is 10.6 Å². The van der Waals surface area contributed by atoms with Gasteiger partial charge in [0.2, 0.25) is 23.6 Å². The van der Waals surface area contributed by atoms with Gasteiger partial charge in [0.15, 0.2) is 5.60 Å². The molecule has 0 aliphatic rings. The van der Waals surface area contributed by atoms with E-state index >= 15 is 0 Å². The van der Waals surface area contributed by atoms with Crippen LogP contribution in [0.25, 0.3) is 0 Å². The molecule has 0 aliphatic carbocycles. The number of unbranched alkanes of at least 4 members (excludes halogenated alkanes) is 2. The van der Waals surface area contributed by atoms with Crippen LogP contribution in [-0.2, 0) is 33.6 Å². The van der Waals surface area contributed by atoms with Crippen molar-refractivity contribution in [2.24, 2.45) is 0 Å². The van der Waals surface area contributed by atoms with Crippen molar-refractivity contribution < 1.29 is 64.4 Å². The maximum absolute atomic E-state index is 12.3. The van der Waals surface area contributed by atoms with Crippen LogP contribution >= 0.6 is 0 Å². The third-order valence-corrected chi connectivity index (χ3v) is 5.52. The standard InChI is InChI=1S/C22H36N4O13/c1-13(27)25(38)9-5-3-7-15(19(31)32)23-17(29)11-22(37,21(35)36)12-18(30)24-16(20(33)34)8-4-6-10-26(39)14(2)28/h15-16,37-39H,3-12H2,1-2H3,(H,23,29)(H,24,30)(H,31,32)(H,33,34)(H,35,36). The monoisotopic (exact) mass is 564 g/mol. The molecule has 0 fully saturated rings. The zero-order valence-corrected chi connectivity index (χ0v) is 21.7. The number of nitrogens with zero attached hydrogens (tertiary/aromatic N) is 2. The van der Waals surface area contributed by atoms with Crippen molar-refractivity contribution in [2.75, 3.05) is 13.1 Å². The SMILES string of the molecule is CC(=O)N(O)CCCCC(NC(=O)CC(O)(CC(=O)NC(CCCCN(O)C(C)=O)C(=O)O)C(=O)O)C(=O)O. The Morgan fingerprint density at radius 3 is 1.26 bits per heavy atom. The van der Waals surface area contributed by atoms with E-state index in [1.165, 1.54) is 0 Å². The summed E-state index contributed by atoms with van der Waals surface area (Å²) in [7, 11) is 0. The zero-order chi connectivity index (χ0) is 30.3. The Morgan fingerprint density at radius 2 is 1.00 bits per heavy atom. The lowest BCUT2D eigenvalue weighted by atomic mass is 9.94. The molecule has 0 aromatic heterocycles. The summed E-state index contributed by atoms with van der Waals surface area (Å²) in [5.41, 5.74) is -2.99. The lowest BCUT2D eigenvalue weighted by molar-refractivity contribution is -0.165. The van der Waals surface area contributed by atoms with Gasteiger partial charge in [-0.05, 0) is 38.5 Å². The summed E-state index contributed by atoms with van der Waals surface area (Å²) in [6.45, 7) is 2.07. The second-order valence-electron chi connectivity index (χ2n) is 8.88. The summed E-state index contributed by atoms with van der Waals surface area (Å²) in [5.74, 6) is -8.57. The van der Waals surface area contributed by atoms with E-state index in [2.05, 4.69) is 0 Å². The van der Waals surface area contributed by atoms with Gasteiger partial charge < -0.3 is 31.1 Å². The van der Waals surface area contributed by atoms with Gasteiger partial charge in [-0.2, -0.15) is 0 Å². The predicted octanol–water partition coefficient (Wildman–Crippen LogP) is -1.46. The first-order valence-corrected chi connectivity index (χ1v) is 11.9. The third-order valence-electron chi connectivity index (χ3n) is 5.52. The summed E-state index contributed by atoms with van der Waals surface area (Å²) in [4.78, 5) is 81.1. The normalized spacial score (nSPS) is 13.8. The fourth-order valence-corrected chi connectivity index (χ4v) is 3.29. The van der Waals surface area contributed by atoms with Crippen LogP contribution in [0.2, 0.25) is 0 Å². The number of carbonyl (C=O) groups excluding carboxylic acids is 4. The molecule has 2 atom stereocenters. The van der Waals surface area contributed by atoms with Gasteiger partial charge in [-0.3, -0.25) is 29.6 Å². The molecule has 0 aliphatic heterocycles. The second-order valence-corrected chi connectivity index (χ2v) is 8.88. The molecular formula is C22H36N4O13.